The van der Waals surface area contributed by atoms with Crippen molar-refractivity contribution < 1.29 is 65.2 Å². The number of hydrogen-bond acceptors (Lipinski definition) is 8. The molecule has 13 nitrogen and oxygen atoms in total. The first-order chi connectivity index (χ1) is 22.7. The van der Waals surface area contributed by atoms with Gasteiger partial charge in [-0.3, -0.25) is 14.7 Å². The number of H-pyrrole nitrogens is 1. The molecule has 49 heavy (non-hydrogen) atoms. The standard InChI is InChI=1S/C26H31N5O4.2C2HF3O2/c1-30(2)9-10-31(3)26(33)22-13-17(20-14-27-28-15-20)5-7-23(22)29-25(32)19-11-18-12-21(34-4)6-8-24(18)35-16-19;2*3-2(4,5)1(6)7/h5-8,12-15,19H,9-11,16H2,1-4H3,(H,27,28)(H,29,32);2*(H,6,7). The highest BCUT2D eigenvalue weighted by molar-refractivity contribution is 6.05. The SMILES string of the molecule is COc1ccc2c(c1)CC(C(=O)Nc1ccc(-c3cn[nH]c3)cc1C(=O)N(C)CCN(C)C)CO2.O=C(O)C(F)(F)F.O=C(O)C(F)(F)F. The minimum Gasteiger partial charge on any atom is -0.497 e. The summed E-state index contributed by atoms with van der Waals surface area (Å²) in [4.78, 5) is 48.1. The number of nitrogens with one attached hydrogen (secondary N) is 2. The molecule has 268 valence electrons. The Balaban J connectivity index is 0.000000500. The van der Waals surface area contributed by atoms with Crippen LogP contribution in [-0.2, 0) is 20.8 Å². The van der Waals surface area contributed by atoms with Gasteiger partial charge in [-0.05, 0) is 62.0 Å². The van der Waals surface area contributed by atoms with Gasteiger partial charge in [0.2, 0.25) is 5.91 Å². The topological polar surface area (TPSA) is 174 Å². The molecule has 2 heterocycles. The second kappa shape index (κ2) is 17.2. The first-order valence-electron chi connectivity index (χ1n) is 14.0. The molecule has 1 aliphatic heterocycles. The van der Waals surface area contributed by atoms with E-state index in [-0.39, 0.29) is 18.4 Å². The number of carboxylic acids is 2. The van der Waals surface area contributed by atoms with Gasteiger partial charge in [0.05, 0.1) is 30.5 Å². The molecule has 0 fully saturated rings. The monoisotopic (exact) mass is 705 g/mol. The number of carbonyl (C=O) groups excluding carboxylic acids is 2. The highest BCUT2D eigenvalue weighted by atomic mass is 19.4. The average molecular weight is 706 g/mol. The number of rotatable bonds is 8. The molecule has 19 heteroatoms. The van der Waals surface area contributed by atoms with Gasteiger partial charge < -0.3 is 34.8 Å². The van der Waals surface area contributed by atoms with Gasteiger partial charge in [-0.1, -0.05) is 6.07 Å². The van der Waals surface area contributed by atoms with Crippen LogP contribution in [0.15, 0.2) is 48.8 Å². The number of methoxy groups -OCH3 is 1. The van der Waals surface area contributed by atoms with Crippen LogP contribution in [0.4, 0.5) is 32.0 Å². The Morgan fingerprint density at radius 1 is 0.959 bits per heavy atom. The first-order valence-corrected chi connectivity index (χ1v) is 14.0. The van der Waals surface area contributed by atoms with Gasteiger partial charge in [0, 0.05) is 31.9 Å². The Morgan fingerprint density at radius 2 is 1.57 bits per heavy atom. The number of benzene rings is 2. The number of alkyl halides is 6. The van der Waals surface area contributed by atoms with Gasteiger partial charge in [-0.2, -0.15) is 31.4 Å². The predicted octanol–water partition coefficient (Wildman–Crippen LogP) is 4.18. The van der Waals surface area contributed by atoms with E-state index < -0.39 is 30.2 Å². The number of anilines is 1. The second-order valence-electron chi connectivity index (χ2n) is 10.6. The molecule has 0 spiro atoms. The van der Waals surface area contributed by atoms with Crippen LogP contribution >= 0.6 is 0 Å². The molecule has 1 unspecified atom stereocenters. The van der Waals surface area contributed by atoms with Gasteiger partial charge in [-0.15, -0.1) is 0 Å². The van der Waals surface area contributed by atoms with Crippen molar-refractivity contribution in [2.75, 3.05) is 53.3 Å². The van der Waals surface area contributed by atoms with Crippen molar-refractivity contribution >= 4 is 29.4 Å². The molecule has 1 aromatic heterocycles. The number of aromatic nitrogens is 2. The molecule has 0 bridgehead atoms. The third-order valence-electron chi connectivity index (χ3n) is 6.60. The van der Waals surface area contributed by atoms with Crippen LogP contribution in [0.5, 0.6) is 11.5 Å². The Hall–Kier alpha value is -5.33. The third kappa shape index (κ3) is 12.3. The van der Waals surface area contributed by atoms with Crippen molar-refractivity contribution in [3.05, 3.63) is 59.9 Å². The average Bonchev–Trinajstić information content (AvgIpc) is 3.58. The van der Waals surface area contributed by atoms with Crippen LogP contribution in [-0.4, -0.2) is 114 Å². The summed E-state index contributed by atoms with van der Waals surface area (Å²) in [5.74, 6) is -4.78. The minimum absolute atomic E-state index is 0.164. The van der Waals surface area contributed by atoms with Gasteiger partial charge in [0.1, 0.15) is 18.1 Å². The Kier molecular flexibility index (Phi) is 14.0. The highest BCUT2D eigenvalue weighted by Crippen LogP contribution is 2.32. The van der Waals surface area contributed by atoms with E-state index in [9.17, 15) is 35.9 Å². The molecule has 1 atom stereocenters. The smallest absolute Gasteiger partial charge is 0.490 e. The number of likely N-dealkylation sites (N-methyl/N-ethyl adjacent to an activating group) is 2. The molecule has 4 N–H and O–H groups in total. The highest BCUT2D eigenvalue weighted by Gasteiger charge is 2.39. The van der Waals surface area contributed by atoms with E-state index in [0.717, 1.165) is 34.7 Å². The van der Waals surface area contributed by atoms with Crippen molar-refractivity contribution in [1.29, 1.82) is 0 Å². The number of hydrogen-bond donors (Lipinski definition) is 4. The minimum atomic E-state index is -5.08. The van der Waals surface area contributed by atoms with E-state index in [1.54, 1.807) is 43.6 Å². The van der Waals surface area contributed by atoms with Gasteiger partial charge in [0.25, 0.3) is 5.91 Å². The lowest BCUT2D eigenvalue weighted by Crippen LogP contribution is -2.35. The second-order valence-corrected chi connectivity index (χ2v) is 10.6. The summed E-state index contributed by atoms with van der Waals surface area (Å²) in [6, 6.07) is 11.0. The van der Waals surface area contributed by atoms with Crippen molar-refractivity contribution in [3.63, 3.8) is 0 Å². The molecule has 0 aliphatic carbocycles. The fraction of sp³-hybridized carbons (Fsp3) is 0.367. The molecule has 1 aliphatic rings. The van der Waals surface area contributed by atoms with Crippen LogP contribution in [0.1, 0.15) is 15.9 Å². The van der Waals surface area contributed by atoms with Crippen LogP contribution in [0.3, 0.4) is 0 Å². The van der Waals surface area contributed by atoms with Crippen molar-refractivity contribution in [2.45, 2.75) is 18.8 Å². The summed E-state index contributed by atoms with van der Waals surface area (Å²) in [5, 5.41) is 24.0. The number of fused-ring (bicyclic) bond motifs is 1. The van der Waals surface area contributed by atoms with Crippen molar-refractivity contribution in [3.8, 4) is 22.6 Å². The largest absolute Gasteiger partial charge is 0.497 e. The molecule has 2 amide bonds. The number of carbonyl (C=O) groups is 4. The summed E-state index contributed by atoms with van der Waals surface area (Å²) in [5.41, 5.74) is 3.52. The van der Waals surface area contributed by atoms with Crippen molar-refractivity contribution in [2.24, 2.45) is 5.92 Å². The summed E-state index contributed by atoms with van der Waals surface area (Å²) < 4.78 is 74.6. The van der Waals surface area contributed by atoms with E-state index in [0.29, 0.717) is 24.2 Å². The van der Waals surface area contributed by atoms with Gasteiger partial charge in [-0.25, -0.2) is 9.59 Å². The fourth-order valence-corrected chi connectivity index (χ4v) is 3.98. The Bertz CT molecular complexity index is 1570. The van der Waals surface area contributed by atoms with E-state index in [4.69, 9.17) is 29.3 Å². The van der Waals surface area contributed by atoms with E-state index >= 15 is 0 Å². The summed E-state index contributed by atoms with van der Waals surface area (Å²) >= 11 is 0. The lowest BCUT2D eigenvalue weighted by atomic mass is 9.95. The number of aliphatic carboxylic acids is 2. The van der Waals surface area contributed by atoms with Gasteiger partial charge >= 0.3 is 24.3 Å². The fourth-order valence-electron chi connectivity index (χ4n) is 3.98. The van der Waals surface area contributed by atoms with E-state index in [1.165, 1.54) is 0 Å². The quantitative estimate of drug-likeness (QED) is 0.249. The zero-order valence-corrected chi connectivity index (χ0v) is 26.5. The maximum Gasteiger partial charge on any atom is 0.490 e. The predicted molar refractivity (Wildman–Crippen MR) is 161 cm³/mol. The molecular weight excluding hydrogens is 672 g/mol. The summed E-state index contributed by atoms with van der Waals surface area (Å²) in [6.07, 6.45) is -6.18. The molecule has 2 aromatic carbocycles. The maximum atomic E-state index is 13.4. The zero-order valence-electron chi connectivity index (χ0n) is 26.5. The summed E-state index contributed by atoms with van der Waals surface area (Å²) in [6.45, 7) is 1.56. The van der Waals surface area contributed by atoms with Gasteiger partial charge in [0.15, 0.2) is 0 Å². The van der Waals surface area contributed by atoms with Crippen molar-refractivity contribution in [1.82, 2.24) is 20.0 Å². The maximum absolute atomic E-state index is 13.4. The lowest BCUT2D eigenvalue weighted by Gasteiger charge is -2.26. The number of ether oxygens (including phenoxy) is 2. The van der Waals surface area contributed by atoms with Crippen LogP contribution in [0, 0.1) is 5.92 Å². The Morgan fingerprint density at radius 3 is 2.08 bits per heavy atom. The lowest BCUT2D eigenvalue weighted by molar-refractivity contribution is -0.193. The molecule has 0 saturated heterocycles. The number of halogens is 6. The van der Waals surface area contributed by atoms with E-state index in [1.807, 2.05) is 43.3 Å². The summed E-state index contributed by atoms with van der Waals surface area (Å²) in [7, 11) is 7.30. The molecular formula is C30H33F6N5O8. The first kappa shape index (κ1) is 39.8. The van der Waals surface area contributed by atoms with E-state index in [2.05, 4.69) is 15.5 Å². The molecule has 0 saturated carbocycles. The zero-order chi connectivity index (χ0) is 37.1. The molecule has 3 aromatic rings. The van der Waals surface area contributed by atoms with Crippen LogP contribution < -0.4 is 14.8 Å². The number of carboxylic acid groups (broad SMARTS) is 2. The Labute approximate surface area is 275 Å². The van der Waals surface area contributed by atoms with Crippen LogP contribution in [0.25, 0.3) is 11.1 Å². The molecule has 0 radical (unpaired) electrons. The number of nitrogens with zero attached hydrogens (tertiary/aromatic N) is 3. The third-order valence-corrected chi connectivity index (χ3v) is 6.60. The number of amides is 2. The number of aromatic amines is 1. The normalized spacial score (nSPS) is 13.7. The molecule has 4 rings (SSSR count). The van der Waals surface area contributed by atoms with Crippen LogP contribution in [0.2, 0.25) is 0 Å².